The van der Waals surface area contributed by atoms with E-state index in [-0.39, 0.29) is 24.5 Å². The number of hydrogen-bond donors (Lipinski definition) is 2. The Morgan fingerprint density at radius 2 is 1.74 bits per heavy atom. The van der Waals surface area contributed by atoms with E-state index in [0.29, 0.717) is 5.02 Å². The predicted octanol–water partition coefficient (Wildman–Crippen LogP) is 4.63. The molecule has 0 radical (unpaired) electrons. The molecule has 2 aromatic rings. The van der Waals surface area contributed by atoms with Gasteiger partial charge in [-0.3, -0.25) is 4.79 Å². The summed E-state index contributed by atoms with van der Waals surface area (Å²) in [4.78, 5) is 12.1. The van der Waals surface area contributed by atoms with E-state index in [1.807, 2.05) is 62.4 Å². The Kier molecular flexibility index (Phi) is 6.63. The number of halogens is 2. The summed E-state index contributed by atoms with van der Waals surface area (Å²) in [6, 6.07) is 15.5. The summed E-state index contributed by atoms with van der Waals surface area (Å²) in [5.41, 5.74) is 2.06. The zero-order chi connectivity index (χ0) is 16.8. The fourth-order valence-electron chi connectivity index (χ4n) is 2.31. The van der Waals surface area contributed by atoms with Gasteiger partial charge in [0.15, 0.2) is 0 Å². The maximum Gasteiger partial charge on any atom is 0.234 e. The molecule has 2 N–H and O–H groups in total. The number of nitrogens with one attached hydrogen (secondary N) is 2. The van der Waals surface area contributed by atoms with Crippen LogP contribution in [0.2, 0.25) is 5.02 Å². The molecule has 0 unspecified atom stereocenters. The van der Waals surface area contributed by atoms with Gasteiger partial charge in [-0.05, 0) is 43.2 Å². The SMILES string of the molecule is C[C@H](NC(=O)CN[C@@H](C)c1ccccc1Cl)c1ccc(Br)cc1. The Hall–Kier alpha value is -1.36. The van der Waals surface area contributed by atoms with Crippen LogP contribution in [-0.4, -0.2) is 12.5 Å². The number of rotatable bonds is 6. The molecule has 0 saturated heterocycles. The summed E-state index contributed by atoms with van der Waals surface area (Å²) in [6.07, 6.45) is 0. The molecule has 0 aliphatic rings. The van der Waals surface area contributed by atoms with Gasteiger partial charge in [-0.1, -0.05) is 57.9 Å². The molecule has 0 heterocycles. The van der Waals surface area contributed by atoms with Gasteiger partial charge in [-0.2, -0.15) is 0 Å². The molecular weight excluding hydrogens is 376 g/mol. The summed E-state index contributed by atoms with van der Waals surface area (Å²) < 4.78 is 1.02. The topological polar surface area (TPSA) is 41.1 Å². The maximum absolute atomic E-state index is 12.1. The van der Waals surface area contributed by atoms with Crippen LogP contribution < -0.4 is 10.6 Å². The highest BCUT2D eigenvalue weighted by molar-refractivity contribution is 9.10. The van der Waals surface area contributed by atoms with E-state index >= 15 is 0 Å². The summed E-state index contributed by atoms with van der Waals surface area (Å²) >= 11 is 9.57. The monoisotopic (exact) mass is 394 g/mol. The van der Waals surface area contributed by atoms with Gasteiger partial charge in [0.05, 0.1) is 12.6 Å². The van der Waals surface area contributed by atoms with Gasteiger partial charge < -0.3 is 10.6 Å². The fraction of sp³-hybridized carbons (Fsp3) is 0.278. The number of hydrogen-bond acceptors (Lipinski definition) is 2. The maximum atomic E-state index is 12.1. The summed E-state index contributed by atoms with van der Waals surface area (Å²) in [7, 11) is 0. The lowest BCUT2D eigenvalue weighted by Crippen LogP contribution is -2.36. The van der Waals surface area contributed by atoms with Crippen molar-refractivity contribution in [2.75, 3.05) is 6.54 Å². The zero-order valence-electron chi connectivity index (χ0n) is 13.1. The minimum absolute atomic E-state index is 0.0115. The van der Waals surface area contributed by atoms with Crippen LogP contribution in [0.5, 0.6) is 0 Å². The van der Waals surface area contributed by atoms with Crippen molar-refractivity contribution >= 4 is 33.4 Å². The lowest BCUT2D eigenvalue weighted by Gasteiger charge is -2.18. The minimum atomic E-state index is -0.0423. The molecule has 23 heavy (non-hydrogen) atoms. The molecule has 0 spiro atoms. The van der Waals surface area contributed by atoms with Gasteiger partial charge in [0.1, 0.15) is 0 Å². The Morgan fingerprint density at radius 3 is 2.39 bits per heavy atom. The van der Waals surface area contributed by atoms with Crippen LogP contribution in [0.3, 0.4) is 0 Å². The van der Waals surface area contributed by atoms with Crippen molar-refractivity contribution in [3.05, 3.63) is 69.2 Å². The van der Waals surface area contributed by atoms with Crippen LogP contribution in [0, 0.1) is 0 Å². The second-order valence-corrected chi connectivity index (χ2v) is 6.79. The molecule has 0 aromatic heterocycles. The van der Waals surface area contributed by atoms with E-state index in [4.69, 9.17) is 11.6 Å². The molecule has 0 saturated carbocycles. The molecule has 2 rings (SSSR count). The molecule has 5 heteroatoms. The van der Waals surface area contributed by atoms with E-state index in [0.717, 1.165) is 15.6 Å². The number of carbonyl (C=O) groups excluding carboxylic acids is 1. The molecule has 122 valence electrons. The first-order chi connectivity index (χ1) is 11.0. The first kappa shape index (κ1) is 18.0. The van der Waals surface area contributed by atoms with Crippen molar-refractivity contribution in [2.24, 2.45) is 0 Å². The van der Waals surface area contributed by atoms with Gasteiger partial charge in [0.2, 0.25) is 5.91 Å². The van der Waals surface area contributed by atoms with Crippen molar-refractivity contribution in [1.82, 2.24) is 10.6 Å². The van der Waals surface area contributed by atoms with Gasteiger partial charge in [0.25, 0.3) is 0 Å². The van der Waals surface area contributed by atoms with Crippen LogP contribution in [0.1, 0.15) is 37.1 Å². The van der Waals surface area contributed by atoms with Crippen LogP contribution in [0.15, 0.2) is 53.0 Å². The van der Waals surface area contributed by atoms with Crippen molar-refractivity contribution < 1.29 is 4.79 Å². The number of benzene rings is 2. The zero-order valence-corrected chi connectivity index (χ0v) is 15.5. The van der Waals surface area contributed by atoms with Crippen molar-refractivity contribution in [3.8, 4) is 0 Å². The molecule has 2 aromatic carbocycles. The Balaban J connectivity index is 1.85. The molecule has 2 atom stereocenters. The molecule has 0 aliphatic heterocycles. The van der Waals surface area contributed by atoms with E-state index in [1.54, 1.807) is 0 Å². The summed E-state index contributed by atoms with van der Waals surface area (Å²) in [5, 5.41) is 6.89. The minimum Gasteiger partial charge on any atom is -0.348 e. The quantitative estimate of drug-likeness (QED) is 0.748. The van der Waals surface area contributed by atoms with Crippen molar-refractivity contribution in [2.45, 2.75) is 25.9 Å². The highest BCUT2D eigenvalue weighted by Gasteiger charge is 2.12. The Labute approximate surface area is 150 Å². The van der Waals surface area contributed by atoms with Gasteiger partial charge >= 0.3 is 0 Å². The van der Waals surface area contributed by atoms with E-state index in [2.05, 4.69) is 26.6 Å². The normalized spacial score (nSPS) is 13.4. The third-order valence-corrected chi connectivity index (χ3v) is 4.56. The highest BCUT2D eigenvalue weighted by atomic mass is 79.9. The van der Waals surface area contributed by atoms with Crippen LogP contribution in [-0.2, 0) is 4.79 Å². The first-order valence-corrected chi connectivity index (χ1v) is 8.67. The third-order valence-electron chi connectivity index (χ3n) is 3.69. The molecular formula is C18H20BrClN2O. The number of carbonyl (C=O) groups is 1. The number of amides is 1. The smallest absolute Gasteiger partial charge is 0.234 e. The molecule has 3 nitrogen and oxygen atoms in total. The van der Waals surface area contributed by atoms with E-state index < -0.39 is 0 Å². The average Bonchev–Trinajstić information content (AvgIpc) is 2.53. The average molecular weight is 396 g/mol. The molecule has 0 bridgehead atoms. The first-order valence-electron chi connectivity index (χ1n) is 7.50. The predicted molar refractivity (Wildman–Crippen MR) is 98.6 cm³/mol. The van der Waals surface area contributed by atoms with Crippen molar-refractivity contribution in [1.29, 1.82) is 0 Å². The molecule has 0 aliphatic carbocycles. The lowest BCUT2D eigenvalue weighted by atomic mass is 10.1. The standard InChI is InChI=1S/C18H20BrClN2O/c1-12(14-7-9-15(19)10-8-14)22-18(23)11-21-13(2)16-5-3-4-6-17(16)20/h3-10,12-13,21H,11H2,1-2H3,(H,22,23)/t12-,13-/m0/s1. The molecule has 0 fully saturated rings. The highest BCUT2D eigenvalue weighted by Crippen LogP contribution is 2.22. The van der Waals surface area contributed by atoms with E-state index in [9.17, 15) is 4.79 Å². The third kappa shape index (κ3) is 5.34. The lowest BCUT2D eigenvalue weighted by molar-refractivity contribution is -0.121. The van der Waals surface area contributed by atoms with Crippen LogP contribution in [0.4, 0.5) is 0 Å². The summed E-state index contributed by atoms with van der Waals surface area (Å²) in [5.74, 6) is -0.0423. The van der Waals surface area contributed by atoms with Gasteiger partial charge in [-0.25, -0.2) is 0 Å². The van der Waals surface area contributed by atoms with Crippen molar-refractivity contribution in [3.63, 3.8) is 0 Å². The molecule has 1 amide bonds. The Bertz CT molecular complexity index is 660. The fourth-order valence-corrected chi connectivity index (χ4v) is 2.87. The largest absolute Gasteiger partial charge is 0.348 e. The van der Waals surface area contributed by atoms with Crippen LogP contribution in [0.25, 0.3) is 0 Å². The van der Waals surface area contributed by atoms with Gasteiger partial charge in [0, 0.05) is 15.5 Å². The Morgan fingerprint density at radius 1 is 1.09 bits per heavy atom. The van der Waals surface area contributed by atoms with Crippen LogP contribution >= 0.6 is 27.5 Å². The van der Waals surface area contributed by atoms with E-state index in [1.165, 1.54) is 0 Å². The summed E-state index contributed by atoms with van der Waals surface area (Å²) in [6.45, 7) is 4.21. The van der Waals surface area contributed by atoms with Gasteiger partial charge in [-0.15, -0.1) is 0 Å². The second kappa shape index (κ2) is 8.48. The second-order valence-electron chi connectivity index (χ2n) is 5.46.